The number of carbonyl (C=O) groups is 4. The second-order valence-corrected chi connectivity index (χ2v) is 11.1. The van der Waals surface area contributed by atoms with E-state index in [1.807, 2.05) is 56.3 Å². The summed E-state index contributed by atoms with van der Waals surface area (Å²) < 4.78 is 11.6. The van der Waals surface area contributed by atoms with E-state index in [2.05, 4.69) is 0 Å². The van der Waals surface area contributed by atoms with Crippen molar-refractivity contribution in [2.24, 2.45) is 29.6 Å². The number of nitrogens with zero attached hydrogens (tertiary/aromatic N) is 2. The molecular formula is C34H30N2O6. The zero-order valence-electron chi connectivity index (χ0n) is 23.3. The number of para-hydroxylation sites is 4. The van der Waals surface area contributed by atoms with Crippen LogP contribution in [0.5, 0.6) is 11.5 Å². The van der Waals surface area contributed by atoms with Gasteiger partial charge in [0.15, 0.2) is 0 Å². The Labute approximate surface area is 243 Å². The predicted molar refractivity (Wildman–Crippen MR) is 155 cm³/mol. The molecule has 8 nitrogen and oxygen atoms in total. The van der Waals surface area contributed by atoms with Crippen LogP contribution in [-0.4, -0.2) is 36.8 Å². The lowest BCUT2D eigenvalue weighted by Gasteiger charge is -2.53. The highest BCUT2D eigenvalue weighted by Crippen LogP contribution is 2.65. The quantitative estimate of drug-likeness (QED) is 0.310. The van der Waals surface area contributed by atoms with Crippen LogP contribution < -0.4 is 19.3 Å². The molecule has 8 heteroatoms. The zero-order chi connectivity index (χ0) is 29.2. The van der Waals surface area contributed by atoms with Crippen molar-refractivity contribution in [2.45, 2.75) is 19.3 Å². The van der Waals surface area contributed by atoms with Crippen LogP contribution in [0.1, 0.15) is 19.4 Å². The molecule has 2 aliphatic heterocycles. The fourth-order valence-electron chi connectivity index (χ4n) is 7.79. The lowest BCUT2D eigenvalue weighted by molar-refractivity contribution is -0.140. The highest BCUT2D eigenvalue weighted by molar-refractivity contribution is 6.27. The smallest absolute Gasteiger partial charge is 0.239 e. The summed E-state index contributed by atoms with van der Waals surface area (Å²) in [6.45, 7) is 4.41. The Hall–Kier alpha value is -4.72. The topological polar surface area (TPSA) is 93.2 Å². The Bertz CT molecular complexity index is 1550. The molecule has 5 aliphatic rings. The Morgan fingerprint density at radius 2 is 1.07 bits per heavy atom. The number of benzene rings is 3. The SMILES string of the molecule is CCOc1ccccc1N1C(=O)[C@@H]2C3C=CC(c4ccccc4)([C@@H]2C1=O)[C@@H]1C(=O)N(c2ccccc2OCC)C(=O)[C@@H]31. The normalized spacial score (nSPS) is 29.2. The van der Waals surface area contributed by atoms with Gasteiger partial charge in [-0.1, -0.05) is 66.7 Å². The molecule has 3 aromatic rings. The summed E-state index contributed by atoms with van der Waals surface area (Å²) in [5.41, 5.74) is 0.282. The number of carbonyl (C=O) groups excluding carboxylic acids is 4. The van der Waals surface area contributed by atoms with E-state index < -0.39 is 35.0 Å². The molecule has 3 aromatic carbocycles. The van der Waals surface area contributed by atoms with Crippen molar-refractivity contribution in [1.82, 2.24) is 0 Å². The maximum absolute atomic E-state index is 14.5. The van der Waals surface area contributed by atoms with Gasteiger partial charge in [-0.2, -0.15) is 0 Å². The van der Waals surface area contributed by atoms with Crippen molar-refractivity contribution in [3.8, 4) is 11.5 Å². The third kappa shape index (κ3) is 3.35. The number of allylic oxidation sites excluding steroid dienone is 2. The second kappa shape index (κ2) is 9.69. The van der Waals surface area contributed by atoms with Crippen molar-refractivity contribution in [1.29, 1.82) is 0 Å². The van der Waals surface area contributed by atoms with Crippen molar-refractivity contribution < 1.29 is 28.7 Å². The number of ether oxygens (including phenoxy) is 2. The number of hydrogen-bond acceptors (Lipinski definition) is 6. The number of amides is 4. The van der Waals surface area contributed by atoms with Gasteiger partial charge in [0.05, 0.1) is 48.3 Å². The molecule has 2 saturated heterocycles. The lowest BCUT2D eigenvalue weighted by atomic mass is 9.45. The van der Waals surface area contributed by atoms with E-state index in [0.717, 1.165) is 5.56 Å². The van der Waals surface area contributed by atoms with Crippen LogP contribution >= 0.6 is 0 Å². The molecule has 3 aliphatic carbocycles. The minimum Gasteiger partial charge on any atom is -0.492 e. The molecule has 1 saturated carbocycles. The van der Waals surface area contributed by atoms with Crippen molar-refractivity contribution in [2.75, 3.05) is 23.0 Å². The van der Waals surface area contributed by atoms with Crippen LogP contribution in [0.2, 0.25) is 0 Å². The Balaban J connectivity index is 1.41. The van der Waals surface area contributed by atoms with Gasteiger partial charge in [-0.3, -0.25) is 19.2 Å². The van der Waals surface area contributed by atoms with Gasteiger partial charge in [0.25, 0.3) is 0 Å². The summed E-state index contributed by atoms with van der Waals surface area (Å²) in [5, 5.41) is 0. The molecule has 3 fully saturated rings. The van der Waals surface area contributed by atoms with Crippen LogP contribution in [0, 0.1) is 29.6 Å². The van der Waals surface area contributed by atoms with Gasteiger partial charge < -0.3 is 9.47 Å². The van der Waals surface area contributed by atoms with Gasteiger partial charge in [0.2, 0.25) is 23.6 Å². The standard InChI is InChI=1S/C34H30N2O6/c1-3-41-24-16-10-8-14-22(24)35-30(37)26-21-18-19-34(28(26)32(35)39,20-12-6-5-7-13-20)29-27(21)31(38)36(33(29)40)23-15-9-11-17-25(23)42-4-2/h5-19,21,26-29H,3-4H2,1-2H3/t21?,26-,27+,28-,29-,34?/m0/s1. The maximum Gasteiger partial charge on any atom is 0.239 e. The van der Waals surface area contributed by atoms with Gasteiger partial charge in [0, 0.05) is 11.3 Å². The fourth-order valence-corrected chi connectivity index (χ4v) is 7.79. The van der Waals surface area contributed by atoms with Crippen LogP contribution in [0.3, 0.4) is 0 Å². The molecule has 6 atom stereocenters. The highest BCUT2D eigenvalue weighted by Gasteiger charge is 2.75. The van der Waals surface area contributed by atoms with Gasteiger partial charge in [-0.25, -0.2) is 9.80 Å². The first-order valence-electron chi connectivity index (χ1n) is 14.4. The second-order valence-electron chi connectivity index (χ2n) is 11.1. The average molecular weight is 563 g/mol. The van der Waals surface area contributed by atoms with Crippen LogP contribution in [0.15, 0.2) is 91.0 Å². The largest absolute Gasteiger partial charge is 0.492 e. The summed E-state index contributed by atoms with van der Waals surface area (Å²) in [5.74, 6) is -4.63. The first kappa shape index (κ1) is 26.2. The van der Waals surface area contributed by atoms with Crippen LogP contribution in [-0.2, 0) is 24.6 Å². The molecular weight excluding hydrogens is 532 g/mol. The summed E-state index contributed by atoms with van der Waals surface area (Å²) in [4.78, 5) is 60.1. The van der Waals surface area contributed by atoms with Crippen molar-refractivity contribution in [3.05, 3.63) is 96.6 Å². The molecule has 212 valence electrons. The minimum absolute atomic E-state index is 0.366. The molecule has 2 unspecified atom stereocenters. The van der Waals surface area contributed by atoms with Gasteiger partial charge >= 0.3 is 0 Å². The summed E-state index contributed by atoms with van der Waals surface area (Å²) >= 11 is 0. The highest BCUT2D eigenvalue weighted by atomic mass is 16.5. The van der Waals surface area contributed by atoms with E-state index in [1.165, 1.54) is 9.80 Å². The van der Waals surface area contributed by atoms with E-state index in [1.54, 1.807) is 48.5 Å². The fraction of sp³-hybridized carbons (Fsp3) is 0.294. The third-order valence-corrected chi connectivity index (χ3v) is 9.24. The third-order valence-electron chi connectivity index (χ3n) is 9.24. The molecule has 0 N–H and O–H groups in total. The summed E-state index contributed by atoms with van der Waals surface area (Å²) in [6, 6.07) is 23.3. The van der Waals surface area contributed by atoms with E-state index >= 15 is 0 Å². The Morgan fingerprint density at radius 1 is 0.619 bits per heavy atom. The van der Waals surface area contributed by atoms with Gasteiger partial charge in [0.1, 0.15) is 11.5 Å². The molecule has 2 bridgehead atoms. The van der Waals surface area contributed by atoms with E-state index in [-0.39, 0.29) is 23.6 Å². The maximum atomic E-state index is 14.5. The number of imide groups is 2. The minimum atomic E-state index is -1.20. The zero-order valence-corrected chi connectivity index (χ0v) is 23.3. The molecule has 0 spiro atoms. The molecule has 42 heavy (non-hydrogen) atoms. The van der Waals surface area contributed by atoms with Crippen LogP contribution in [0.4, 0.5) is 11.4 Å². The van der Waals surface area contributed by atoms with E-state index in [9.17, 15) is 19.2 Å². The lowest BCUT2D eigenvalue weighted by Crippen LogP contribution is -2.60. The molecule has 8 rings (SSSR count). The molecule has 4 amide bonds. The number of hydrogen-bond donors (Lipinski definition) is 0. The molecule has 2 heterocycles. The number of rotatable bonds is 7. The van der Waals surface area contributed by atoms with Crippen molar-refractivity contribution >= 4 is 35.0 Å². The molecule has 0 aromatic heterocycles. The van der Waals surface area contributed by atoms with Crippen LogP contribution in [0.25, 0.3) is 0 Å². The monoisotopic (exact) mass is 562 g/mol. The van der Waals surface area contributed by atoms with E-state index in [4.69, 9.17) is 9.47 Å². The summed E-state index contributed by atoms with van der Waals surface area (Å²) in [7, 11) is 0. The first-order valence-corrected chi connectivity index (χ1v) is 14.4. The summed E-state index contributed by atoms with van der Waals surface area (Å²) in [6.07, 6.45) is 3.81. The van der Waals surface area contributed by atoms with Crippen molar-refractivity contribution in [3.63, 3.8) is 0 Å². The molecule has 0 radical (unpaired) electrons. The first-order chi connectivity index (χ1) is 20.5. The number of anilines is 2. The Morgan fingerprint density at radius 3 is 1.55 bits per heavy atom. The average Bonchev–Trinajstić information content (AvgIpc) is 3.45. The van der Waals surface area contributed by atoms with E-state index in [0.29, 0.717) is 36.1 Å². The van der Waals surface area contributed by atoms with Gasteiger partial charge in [-0.15, -0.1) is 0 Å². The van der Waals surface area contributed by atoms with Gasteiger partial charge in [-0.05, 0) is 43.7 Å². The Kier molecular flexibility index (Phi) is 6.04. The predicted octanol–water partition coefficient (Wildman–Crippen LogP) is 4.53.